The molecule has 7 nitrogen and oxygen atoms in total. The first kappa shape index (κ1) is 14.9. The molecule has 0 atom stereocenters. The third-order valence-electron chi connectivity index (χ3n) is 4.20. The molecule has 122 valence electrons. The van der Waals surface area contributed by atoms with Crippen LogP contribution in [0.15, 0.2) is 29.3 Å². The SMILES string of the molecule is Cc1nc(CN2CCc3nc(-c4cncnc4)ncc3C2)c(C)o1. The molecule has 0 saturated carbocycles. The minimum absolute atomic E-state index is 0.686. The molecule has 1 aliphatic heterocycles. The second-order valence-corrected chi connectivity index (χ2v) is 5.99. The highest BCUT2D eigenvalue weighted by Gasteiger charge is 2.20. The van der Waals surface area contributed by atoms with Crippen molar-refractivity contribution in [3.8, 4) is 11.4 Å². The summed E-state index contributed by atoms with van der Waals surface area (Å²) in [5.74, 6) is 2.30. The van der Waals surface area contributed by atoms with Gasteiger partial charge < -0.3 is 4.42 Å². The van der Waals surface area contributed by atoms with Gasteiger partial charge in [0.1, 0.15) is 12.1 Å². The molecule has 3 aromatic rings. The third-order valence-corrected chi connectivity index (χ3v) is 4.20. The Morgan fingerprint density at radius 2 is 1.96 bits per heavy atom. The molecule has 7 heteroatoms. The molecule has 4 heterocycles. The average Bonchev–Trinajstić information content (AvgIpc) is 2.92. The van der Waals surface area contributed by atoms with Crippen LogP contribution in [0.2, 0.25) is 0 Å². The Morgan fingerprint density at radius 3 is 2.71 bits per heavy atom. The lowest BCUT2D eigenvalue weighted by molar-refractivity contribution is 0.239. The van der Waals surface area contributed by atoms with Gasteiger partial charge in [-0.15, -0.1) is 0 Å². The van der Waals surface area contributed by atoms with Gasteiger partial charge in [-0.2, -0.15) is 0 Å². The van der Waals surface area contributed by atoms with Gasteiger partial charge in [-0.1, -0.05) is 0 Å². The van der Waals surface area contributed by atoms with Crippen molar-refractivity contribution in [3.05, 3.63) is 53.5 Å². The Balaban J connectivity index is 1.53. The number of hydrogen-bond acceptors (Lipinski definition) is 7. The molecule has 24 heavy (non-hydrogen) atoms. The molecule has 3 aromatic heterocycles. The average molecular weight is 322 g/mol. The molecule has 0 bridgehead atoms. The quantitative estimate of drug-likeness (QED) is 0.730. The molecule has 0 unspecified atom stereocenters. The molecule has 0 aliphatic carbocycles. The predicted octanol–water partition coefficient (Wildman–Crippen LogP) is 2.10. The van der Waals surface area contributed by atoms with Crippen LogP contribution in [0.25, 0.3) is 11.4 Å². The summed E-state index contributed by atoms with van der Waals surface area (Å²) < 4.78 is 5.52. The number of aromatic nitrogens is 5. The lowest BCUT2D eigenvalue weighted by Gasteiger charge is -2.27. The molecule has 0 fully saturated rings. The van der Waals surface area contributed by atoms with Crippen molar-refractivity contribution >= 4 is 0 Å². The van der Waals surface area contributed by atoms with Crippen LogP contribution >= 0.6 is 0 Å². The number of hydrogen-bond donors (Lipinski definition) is 0. The molecule has 0 spiro atoms. The van der Waals surface area contributed by atoms with Gasteiger partial charge in [-0.25, -0.2) is 24.9 Å². The molecule has 0 N–H and O–H groups in total. The van der Waals surface area contributed by atoms with Crippen LogP contribution in [-0.2, 0) is 19.5 Å². The van der Waals surface area contributed by atoms with Crippen LogP contribution in [0.1, 0.15) is 28.6 Å². The van der Waals surface area contributed by atoms with Gasteiger partial charge in [0, 0.05) is 57.1 Å². The van der Waals surface area contributed by atoms with Gasteiger partial charge >= 0.3 is 0 Å². The second kappa shape index (κ2) is 6.09. The number of rotatable bonds is 3. The molecule has 4 rings (SSSR count). The molecular weight excluding hydrogens is 304 g/mol. The summed E-state index contributed by atoms with van der Waals surface area (Å²) in [6.45, 7) is 6.40. The van der Waals surface area contributed by atoms with Crippen molar-refractivity contribution in [2.45, 2.75) is 33.4 Å². The molecular formula is C17H18N6O. The Bertz CT molecular complexity index is 861. The summed E-state index contributed by atoms with van der Waals surface area (Å²) in [4.78, 5) is 24.0. The van der Waals surface area contributed by atoms with E-state index in [2.05, 4.69) is 24.8 Å². The van der Waals surface area contributed by atoms with Crippen molar-refractivity contribution in [2.75, 3.05) is 6.54 Å². The van der Waals surface area contributed by atoms with Gasteiger partial charge in [-0.3, -0.25) is 4.90 Å². The smallest absolute Gasteiger partial charge is 0.191 e. The standard InChI is InChI=1S/C17H18N6O/c1-11-16(21-12(2)24-11)9-23-4-3-15-14(8-23)7-20-17(22-15)13-5-18-10-19-6-13/h5-7,10H,3-4,8-9H2,1-2H3. The van der Waals surface area contributed by atoms with Crippen LogP contribution in [0.5, 0.6) is 0 Å². The van der Waals surface area contributed by atoms with Gasteiger partial charge in [-0.05, 0) is 6.92 Å². The Kier molecular flexibility index (Phi) is 3.78. The second-order valence-electron chi connectivity index (χ2n) is 5.99. The lowest BCUT2D eigenvalue weighted by atomic mass is 10.1. The van der Waals surface area contributed by atoms with E-state index in [9.17, 15) is 0 Å². The van der Waals surface area contributed by atoms with E-state index in [-0.39, 0.29) is 0 Å². The Labute approximate surface area is 139 Å². The Hall–Kier alpha value is -2.67. The number of nitrogens with zero attached hydrogens (tertiary/aromatic N) is 6. The van der Waals surface area contributed by atoms with E-state index < -0.39 is 0 Å². The van der Waals surface area contributed by atoms with Crippen LogP contribution in [0, 0.1) is 13.8 Å². The zero-order chi connectivity index (χ0) is 16.5. The Morgan fingerprint density at radius 1 is 1.12 bits per heavy atom. The summed E-state index contributed by atoms with van der Waals surface area (Å²) >= 11 is 0. The third kappa shape index (κ3) is 2.90. The number of aryl methyl sites for hydroxylation is 2. The fourth-order valence-corrected chi connectivity index (χ4v) is 2.99. The maximum Gasteiger partial charge on any atom is 0.191 e. The topological polar surface area (TPSA) is 80.8 Å². The largest absolute Gasteiger partial charge is 0.446 e. The first-order chi connectivity index (χ1) is 11.7. The molecule has 1 aliphatic rings. The van der Waals surface area contributed by atoms with Gasteiger partial charge in [0.05, 0.1) is 17.0 Å². The number of oxazole rings is 1. The minimum atomic E-state index is 0.686. The van der Waals surface area contributed by atoms with Crippen molar-refractivity contribution in [1.29, 1.82) is 0 Å². The highest BCUT2D eigenvalue weighted by Crippen LogP contribution is 2.22. The summed E-state index contributed by atoms with van der Waals surface area (Å²) in [5.41, 5.74) is 4.12. The first-order valence-electron chi connectivity index (χ1n) is 7.94. The molecule has 0 radical (unpaired) electrons. The number of fused-ring (bicyclic) bond motifs is 1. The summed E-state index contributed by atoms with van der Waals surface area (Å²) in [7, 11) is 0. The molecule has 0 aromatic carbocycles. The maximum atomic E-state index is 5.52. The van der Waals surface area contributed by atoms with Crippen LogP contribution < -0.4 is 0 Å². The summed E-state index contributed by atoms with van der Waals surface area (Å²) in [6, 6.07) is 0. The summed E-state index contributed by atoms with van der Waals surface area (Å²) in [5, 5.41) is 0. The van der Waals surface area contributed by atoms with Gasteiger partial charge in [0.25, 0.3) is 0 Å². The van der Waals surface area contributed by atoms with E-state index >= 15 is 0 Å². The van der Waals surface area contributed by atoms with E-state index in [0.29, 0.717) is 5.82 Å². The fourth-order valence-electron chi connectivity index (χ4n) is 2.99. The van der Waals surface area contributed by atoms with Crippen LogP contribution in [-0.4, -0.2) is 36.4 Å². The van der Waals surface area contributed by atoms with E-state index in [1.54, 1.807) is 12.4 Å². The van der Waals surface area contributed by atoms with Crippen molar-refractivity contribution in [1.82, 2.24) is 29.8 Å². The normalized spacial score (nSPS) is 14.6. The zero-order valence-electron chi connectivity index (χ0n) is 13.7. The van der Waals surface area contributed by atoms with Crippen LogP contribution in [0.4, 0.5) is 0 Å². The van der Waals surface area contributed by atoms with Crippen LogP contribution in [0.3, 0.4) is 0 Å². The first-order valence-corrected chi connectivity index (χ1v) is 7.94. The van der Waals surface area contributed by atoms with Crippen molar-refractivity contribution < 1.29 is 4.42 Å². The molecule has 0 saturated heterocycles. The highest BCUT2D eigenvalue weighted by molar-refractivity contribution is 5.52. The van der Waals surface area contributed by atoms with Crippen molar-refractivity contribution in [2.24, 2.45) is 0 Å². The summed E-state index contributed by atoms with van der Waals surface area (Å²) in [6.07, 6.45) is 7.79. The lowest BCUT2D eigenvalue weighted by Crippen LogP contribution is -2.31. The maximum absolute atomic E-state index is 5.52. The predicted molar refractivity (Wildman–Crippen MR) is 86.9 cm³/mol. The zero-order valence-corrected chi connectivity index (χ0v) is 13.7. The minimum Gasteiger partial charge on any atom is -0.446 e. The highest BCUT2D eigenvalue weighted by atomic mass is 16.4. The monoisotopic (exact) mass is 322 g/mol. The van der Waals surface area contributed by atoms with E-state index in [1.165, 1.54) is 11.9 Å². The van der Waals surface area contributed by atoms with E-state index in [0.717, 1.165) is 54.7 Å². The van der Waals surface area contributed by atoms with Gasteiger partial charge in [0.2, 0.25) is 0 Å². The fraction of sp³-hybridized carbons (Fsp3) is 0.353. The van der Waals surface area contributed by atoms with E-state index in [1.807, 2.05) is 20.0 Å². The van der Waals surface area contributed by atoms with E-state index in [4.69, 9.17) is 9.40 Å². The van der Waals surface area contributed by atoms with Gasteiger partial charge in [0.15, 0.2) is 11.7 Å². The van der Waals surface area contributed by atoms with Crippen molar-refractivity contribution in [3.63, 3.8) is 0 Å². The molecule has 0 amide bonds.